The molecule has 144 valence electrons. The maximum atomic E-state index is 6.82. The third kappa shape index (κ3) is 3.84. The second kappa shape index (κ2) is 8.86. The van der Waals surface area contributed by atoms with Crippen molar-refractivity contribution in [3.05, 3.63) is 10.1 Å². The summed E-state index contributed by atoms with van der Waals surface area (Å²) in [5.41, 5.74) is 0. The van der Waals surface area contributed by atoms with Crippen molar-refractivity contribution in [2.24, 2.45) is 5.92 Å². The van der Waals surface area contributed by atoms with E-state index in [1.54, 1.807) is 0 Å². The minimum absolute atomic E-state index is 0.204. The lowest BCUT2D eigenvalue weighted by Crippen LogP contribution is -2.45. The Hall–Kier alpha value is 1.46. The smallest absolute Gasteiger partial charge is 0.411 e. The fourth-order valence-electron chi connectivity index (χ4n) is 3.41. The number of fused-ring (bicyclic) bond motifs is 2. The standard InChI is InChI=1S/C16H23BCl6O2/c1-3-5-7-24-17(25-8-6-4-2)10-11-9-14(20)12(18)13(19)15(11,21)16(14,22)23/h11H,3-10H2,1-2H3. The number of unbranched alkanes of at least 4 members (excludes halogenated alkanes) is 2. The molecule has 0 saturated heterocycles. The average molecular weight is 471 g/mol. The van der Waals surface area contributed by atoms with Crippen molar-refractivity contribution >= 4 is 76.7 Å². The monoisotopic (exact) mass is 468 g/mol. The van der Waals surface area contributed by atoms with E-state index in [4.69, 9.17) is 78.9 Å². The highest BCUT2D eigenvalue weighted by atomic mass is 35.5. The van der Waals surface area contributed by atoms with E-state index in [0.29, 0.717) is 26.0 Å². The van der Waals surface area contributed by atoms with Crippen LogP contribution in [0, 0.1) is 5.92 Å². The molecule has 0 N–H and O–H groups in total. The van der Waals surface area contributed by atoms with Gasteiger partial charge in [-0.25, -0.2) is 0 Å². The molecule has 0 spiro atoms. The first-order valence-electron chi connectivity index (χ1n) is 8.71. The van der Waals surface area contributed by atoms with E-state index < -0.39 is 21.2 Å². The van der Waals surface area contributed by atoms with Gasteiger partial charge in [0, 0.05) is 13.2 Å². The summed E-state index contributed by atoms with van der Waals surface area (Å²) in [6.07, 6.45) is 4.95. The Morgan fingerprint density at radius 2 is 1.48 bits per heavy atom. The first-order valence-corrected chi connectivity index (χ1v) is 11.0. The summed E-state index contributed by atoms with van der Waals surface area (Å²) in [6, 6.07) is 0. The Labute approximate surface area is 180 Å². The lowest BCUT2D eigenvalue weighted by molar-refractivity contribution is 0.185. The van der Waals surface area contributed by atoms with Crippen LogP contribution in [-0.2, 0) is 9.31 Å². The summed E-state index contributed by atoms with van der Waals surface area (Å²) >= 11 is 39.2. The van der Waals surface area contributed by atoms with Crippen LogP contribution in [-0.4, -0.2) is 34.4 Å². The van der Waals surface area contributed by atoms with Crippen LogP contribution in [0.2, 0.25) is 6.32 Å². The van der Waals surface area contributed by atoms with Gasteiger partial charge in [0.2, 0.25) is 0 Å². The van der Waals surface area contributed by atoms with Crippen molar-refractivity contribution in [3.8, 4) is 0 Å². The van der Waals surface area contributed by atoms with Gasteiger partial charge in [-0.2, -0.15) is 0 Å². The second-order valence-corrected chi connectivity index (χ2v) is 10.1. The fraction of sp³-hybridized carbons (Fsp3) is 0.875. The maximum Gasteiger partial charge on any atom is 0.457 e. The van der Waals surface area contributed by atoms with Crippen molar-refractivity contribution in [2.45, 2.75) is 66.4 Å². The molecule has 0 aliphatic heterocycles. The Morgan fingerprint density at radius 1 is 0.960 bits per heavy atom. The molecule has 2 nitrogen and oxygen atoms in total. The van der Waals surface area contributed by atoms with E-state index in [9.17, 15) is 0 Å². The zero-order chi connectivity index (χ0) is 18.9. The molecular formula is C16H23BCl6O2. The highest BCUT2D eigenvalue weighted by Gasteiger charge is 2.78. The van der Waals surface area contributed by atoms with Crippen molar-refractivity contribution in [3.63, 3.8) is 0 Å². The van der Waals surface area contributed by atoms with Crippen LogP contribution in [0.3, 0.4) is 0 Å². The van der Waals surface area contributed by atoms with Crippen molar-refractivity contribution < 1.29 is 9.31 Å². The SMILES string of the molecule is CCCCOB(CC1CC2(Cl)C(Cl)=C(Cl)C1(Cl)C2(Cl)Cl)OCCCC. The lowest BCUT2D eigenvalue weighted by Gasteiger charge is -2.34. The number of halogens is 6. The average Bonchev–Trinajstić information content (AvgIpc) is 2.77. The third-order valence-corrected chi connectivity index (χ3v) is 9.31. The Bertz CT molecular complexity index is 507. The van der Waals surface area contributed by atoms with Gasteiger partial charge in [-0.1, -0.05) is 73.1 Å². The maximum absolute atomic E-state index is 6.82. The summed E-state index contributed by atoms with van der Waals surface area (Å²) < 4.78 is 10.3. The lowest BCUT2D eigenvalue weighted by atomic mass is 9.72. The Balaban J connectivity index is 2.14. The highest BCUT2D eigenvalue weighted by Crippen LogP contribution is 2.74. The summed E-state index contributed by atoms with van der Waals surface area (Å²) in [7, 11) is -0.397. The minimum Gasteiger partial charge on any atom is -0.411 e. The summed E-state index contributed by atoms with van der Waals surface area (Å²) in [5.74, 6) is -0.204. The number of allylic oxidation sites excluding steroid dienone is 2. The van der Waals surface area contributed by atoms with Crippen LogP contribution in [0.5, 0.6) is 0 Å². The van der Waals surface area contributed by atoms with Crippen molar-refractivity contribution in [2.75, 3.05) is 13.2 Å². The molecule has 2 aliphatic rings. The van der Waals surface area contributed by atoms with Crippen LogP contribution in [0.25, 0.3) is 0 Å². The number of alkyl halides is 4. The van der Waals surface area contributed by atoms with Crippen LogP contribution in [0.4, 0.5) is 0 Å². The topological polar surface area (TPSA) is 18.5 Å². The predicted molar refractivity (Wildman–Crippen MR) is 111 cm³/mol. The van der Waals surface area contributed by atoms with Gasteiger partial charge in [0.25, 0.3) is 0 Å². The van der Waals surface area contributed by atoms with Crippen LogP contribution in [0.15, 0.2) is 10.1 Å². The Kier molecular flexibility index (Phi) is 8.07. The molecular weight excluding hydrogens is 448 g/mol. The first kappa shape index (κ1) is 22.8. The van der Waals surface area contributed by atoms with Gasteiger partial charge in [0.05, 0.1) is 10.1 Å². The van der Waals surface area contributed by atoms with E-state index >= 15 is 0 Å². The number of hydrogen-bond donors (Lipinski definition) is 0. The van der Waals surface area contributed by atoms with Gasteiger partial charge in [0.1, 0.15) is 9.75 Å². The quantitative estimate of drug-likeness (QED) is 0.195. The van der Waals surface area contributed by atoms with E-state index in [0.717, 1.165) is 25.7 Å². The van der Waals surface area contributed by atoms with Gasteiger partial charge >= 0.3 is 7.12 Å². The van der Waals surface area contributed by atoms with Gasteiger partial charge in [-0.05, 0) is 31.5 Å². The zero-order valence-corrected chi connectivity index (χ0v) is 18.9. The molecule has 25 heavy (non-hydrogen) atoms. The molecule has 0 aromatic carbocycles. The molecule has 1 fully saturated rings. The van der Waals surface area contributed by atoms with Crippen LogP contribution in [0.1, 0.15) is 46.0 Å². The van der Waals surface area contributed by atoms with E-state index in [-0.39, 0.29) is 16.0 Å². The van der Waals surface area contributed by atoms with Gasteiger partial charge < -0.3 is 9.31 Å². The first-order chi connectivity index (χ1) is 11.7. The molecule has 1 saturated carbocycles. The molecule has 3 unspecified atom stereocenters. The number of rotatable bonds is 10. The van der Waals surface area contributed by atoms with Crippen molar-refractivity contribution in [1.82, 2.24) is 0 Å². The molecule has 3 atom stereocenters. The van der Waals surface area contributed by atoms with E-state index in [2.05, 4.69) is 13.8 Å². The summed E-state index contributed by atoms with van der Waals surface area (Å²) in [5, 5.41) is 0.468. The molecule has 9 heteroatoms. The molecule has 0 aromatic rings. The summed E-state index contributed by atoms with van der Waals surface area (Å²) in [6.45, 7) is 5.47. The highest BCUT2D eigenvalue weighted by molar-refractivity contribution is 6.65. The summed E-state index contributed by atoms with van der Waals surface area (Å²) in [4.78, 5) is -2.42. The molecule has 0 aromatic heterocycles. The molecule has 2 rings (SSSR count). The van der Waals surface area contributed by atoms with E-state index in [1.165, 1.54) is 0 Å². The normalized spacial score (nSPS) is 33.4. The zero-order valence-electron chi connectivity index (χ0n) is 14.4. The van der Waals surface area contributed by atoms with E-state index in [1.807, 2.05) is 0 Å². The van der Waals surface area contributed by atoms with Crippen molar-refractivity contribution in [1.29, 1.82) is 0 Å². The molecule has 2 aliphatic carbocycles. The third-order valence-electron chi connectivity index (χ3n) is 4.99. The predicted octanol–water partition coefficient (Wildman–Crippen LogP) is 6.96. The molecule has 0 heterocycles. The second-order valence-electron chi connectivity index (χ2n) is 6.73. The van der Waals surface area contributed by atoms with Gasteiger partial charge in [0.15, 0.2) is 4.33 Å². The fourth-order valence-corrected chi connectivity index (χ4v) is 6.27. The van der Waals surface area contributed by atoms with Crippen LogP contribution < -0.4 is 0 Å². The Morgan fingerprint density at radius 3 is 1.88 bits per heavy atom. The largest absolute Gasteiger partial charge is 0.457 e. The molecule has 0 radical (unpaired) electrons. The number of hydrogen-bond acceptors (Lipinski definition) is 2. The molecule has 2 bridgehead atoms. The molecule has 0 amide bonds. The van der Waals surface area contributed by atoms with Crippen LogP contribution >= 0.6 is 69.6 Å². The van der Waals surface area contributed by atoms with Gasteiger partial charge in [-0.3, -0.25) is 0 Å². The van der Waals surface area contributed by atoms with Gasteiger partial charge in [-0.15, -0.1) is 23.2 Å². The minimum atomic E-state index is -1.49.